The molecule has 2 fully saturated rings. The van der Waals surface area contributed by atoms with Gasteiger partial charge in [-0.2, -0.15) is 0 Å². The van der Waals surface area contributed by atoms with Gasteiger partial charge < -0.3 is 18.9 Å². The summed E-state index contributed by atoms with van der Waals surface area (Å²) in [6.45, 7) is 5.44. The van der Waals surface area contributed by atoms with Crippen LogP contribution in [-0.4, -0.2) is 52.3 Å². The lowest BCUT2D eigenvalue weighted by atomic mass is 9.79. The summed E-state index contributed by atoms with van der Waals surface area (Å²) in [4.78, 5) is 18.9. The number of ether oxygens (including phenoxy) is 2. The predicted molar refractivity (Wildman–Crippen MR) is 99.2 cm³/mol. The molecule has 1 spiro atoms. The van der Waals surface area contributed by atoms with E-state index in [1.807, 2.05) is 41.8 Å². The van der Waals surface area contributed by atoms with Crippen LogP contribution in [0.25, 0.3) is 0 Å². The number of hydrogen-bond acceptors (Lipinski definition) is 5. The van der Waals surface area contributed by atoms with E-state index in [0.29, 0.717) is 32.2 Å². The largest absolute Gasteiger partial charge is 0.375 e. The van der Waals surface area contributed by atoms with Crippen LogP contribution >= 0.6 is 11.3 Å². The van der Waals surface area contributed by atoms with Crippen molar-refractivity contribution in [2.75, 3.05) is 26.3 Å². The maximum absolute atomic E-state index is 12.6. The van der Waals surface area contributed by atoms with Crippen LogP contribution in [0.2, 0.25) is 0 Å². The number of rotatable bonds is 6. The number of aryl methyl sites for hydroxylation is 2. The third-order valence-electron chi connectivity index (χ3n) is 5.49. The van der Waals surface area contributed by atoms with Crippen LogP contribution in [0.3, 0.4) is 0 Å². The molecule has 2 saturated heterocycles. The van der Waals surface area contributed by atoms with Crippen molar-refractivity contribution in [2.24, 2.45) is 13.0 Å². The molecule has 0 radical (unpaired) electrons. The van der Waals surface area contributed by atoms with E-state index in [-0.39, 0.29) is 11.5 Å². The summed E-state index contributed by atoms with van der Waals surface area (Å²) < 4.78 is 13.7. The normalized spacial score (nSPS) is 21.3. The molecular weight excluding hydrogens is 350 g/mol. The number of thiazole rings is 1. The van der Waals surface area contributed by atoms with Gasteiger partial charge in [-0.3, -0.25) is 4.79 Å². The highest BCUT2D eigenvalue weighted by atomic mass is 32.1. The molecule has 2 aliphatic heterocycles. The Kier molecular flexibility index (Phi) is 4.86. The molecule has 0 saturated carbocycles. The van der Waals surface area contributed by atoms with Gasteiger partial charge in [0.25, 0.3) is 5.91 Å². The Hall–Kier alpha value is -1.70. The van der Waals surface area contributed by atoms with Gasteiger partial charge in [-0.05, 0) is 37.8 Å². The molecule has 0 N–H and O–H groups in total. The lowest BCUT2D eigenvalue weighted by molar-refractivity contribution is -0.121. The number of carbonyl (C=O) groups is 1. The zero-order valence-electron chi connectivity index (χ0n) is 15.3. The van der Waals surface area contributed by atoms with Gasteiger partial charge >= 0.3 is 0 Å². The first-order chi connectivity index (χ1) is 12.6. The van der Waals surface area contributed by atoms with Crippen molar-refractivity contribution in [1.82, 2.24) is 14.5 Å². The second kappa shape index (κ2) is 7.13. The van der Waals surface area contributed by atoms with Crippen molar-refractivity contribution in [3.05, 3.63) is 40.1 Å². The van der Waals surface area contributed by atoms with Crippen LogP contribution in [0, 0.1) is 12.8 Å². The maximum atomic E-state index is 12.6. The van der Waals surface area contributed by atoms with Crippen LogP contribution in [0.4, 0.5) is 0 Å². The highest BCUT2D eigenvalue weighted by Gasteiger charge is 2.54. The summed E-state index contributed by atoms with van der Waals surface area (Å²) in [5.41, 5.74) is 1.57. The Morgan fingerprint density at radius 2 is 2.35 bits per heavy atom. The van der Waals surface area contributed by atoms with Gasteiger partial charge in [0, 0.05) is 31.8 Å². The number of nitrogens with zero attached hydrogens (tertiary/aromatic N) is 3. The summed E-state index contributed by atoms with van der Waals surface area (Å²) in [6.07, 6.45) is 3.92. The Balaban J connectivity index is 1.26. The monoisotopic (exact) mass is 375 g/mol. The van der Waals surface area contributed by atoms with E-state index < -0.39 is 0 Å². The van der Waals surface area contributed by atoms with E-state index in [4.69, 9.17) is 9.47 Å². The molecule has 1 atom stereocenters. The lowest BCUT2D eigenvalue weighted by Crippen LogP contribution is -2.66. The average Bonchev–Trinajstić information content (AvgIpc) is 3.29. The predicted octanol–water partition coefficient (Wildman–Crippen LogP) is 2.63. The van der Waals surface area contributed by atoms with E-state index in [0.717, 1.165) is 35.8 Å². The smallest absolute Gasteiger partial charge is 0.270 e. The first-order valence-electron chi connectivity index (χ1n) is 9.11. The third kappa shape index (κ3) is 3.31. The SMILES string of the molecule is Cc1nc(COCC[C@H]2CCOC23CN(C(=O)c2cccn2C)C3)cs1. The second-order valence-electron chi connectivity index (χ2n) is 7.26. The zero-order chi connectivity index (χ0) is 18.1. The van der Waals surface area contributed by atoms with Crippen LogP contribution in [0.5, 0.6) is 0 Å². The minimum atomic E-state index is -0.165. The fraction of sp³-hybridized carbons (Fsp3) is 0.579. The second-order valence-corrected chi connectivity index (χ2v) is 8.33. The van der Waals surface area contributed by atoms with Gasteiger partial charge in [0.05, 0.1) is 30.4 Å². The summed E-state index contributed by atoms with van der Waals surface area (Å²) in [7, 11) is 1.90. The van der Waals surface area contributed by atoms with Gasteiger partial charge in [-0.25, -0.2) is 4.98 Å². The number of amides is 1. The minimum Gasteiger partial charge on any atom is -0.375 e. The fourth-order valence-corrected chi connectivity index (χ4v) is 4.61. The summed E-state index contributed by atoms with van der Waals surface area (Å²) in [6, 6.07) is 3.77. The van der Waals surface area contributed by atoms with Crippen molar-refractivity contribution in [1.29, 1.82) is 0 Å². The number of likely N-dealkylation sites (tertiary alicyclic amines) is 1. The molecule has 140 valence electrons. The van der Waals surface area contributed by atoms with Gasteiger partial charge in [-0.15, -0.1) is 11.3 Å². The molecule has 1 amide bonds. The zero-order valence-corrected chi connectivity index (χ0v) is 16.1. The summed E-state index contributed by atoms with van der Waals surface area (Å²) >= 11 is 1.65. The molecule has 26 heavy (non-hydrogen) atoms. The summed E-state index contributed by atoms with van der Waals surface area (Å²) in [5, 5.41) is 3.12. The Morgan fingerprint density at radius 3 is 3.04 bits per heavy atom. The molecule has 4 rings (SSSR count). The molecule has 2 aromatic heterocycles. The minimum absolute atomic E-state index is 0.0903. The van der Waals surface area contributed by atoms with Crippen molar-refractivity contribution in [3.8, 4) is 0 Å². The molecular formula is C19H25N3O3S. The van der Waals surface area contributed by atoms with Crippen molar-refractivity contribution >= 4 is 17.2 Å². The van der Waals surface area contributed by atoms with Crippen molar-refractivity contribution in [2.45, 2.75) is 32.0 Å². The lowest BCUT2D eigenvalue weighted by Gasteiger charge is -2.50. The maximum Gasteiger partial charge on any atom is 0.270 e. The van der Waals surface area contributed by atoms with E-state index >= 15 is 0 Å². The molecule has 2 aromatic rings. The van der Waals surface area contributed by atoms with E-state index in [9.17, 15) is 4.79 Å². The van der Waals surface area contributed by atoms with E-state index in [2.05, 4.69) is 10.4 Å². The van der Waals surface area contributed by atoms with Crippen molar-refractivity contribution in [3.63, 3.8) is 0 Å². The van der Waals surface area contributed by atoms with Crippen molar-refractivity contribution < 1.29 is 14.3 Å². The summed E-state index contributed by atoms with van der Waals surface area (Å²) in [5.74, 6) is 0.546. The fourth-order valence-electron chi connectivity index (χ4n) is 4.01. The molecule has 4 heterocycles. The van der Waals surface area contributed by atoms with Crippen LogP contribution in [0.1, 0.15) is 34.0 Å². The average molecular weight is 375 g/mol. The molecule has 6 nitrogen and oxygen atoms in total. The Bertz CT molecular complexity index is 779. The molecule has 2 aliphatic rings. The van der Waals surface area contributed by atoms with Gasteiger partial charge in [0.2, 0.25) is 0 Å². The third-order valence-corrected chi connectivity index (χ3v) is 6.32. The van der Waals surface area contributed by atoms with Gasteiger partial charge in [0.1, 0.15) is 11.3 Å². The molecule has 0 aromatic carbocycles. The Labute approximate surface area is 157 Å². The highest BCUT2D eigenvalue weighted by Crippen LogP contribution is 2.42. The van der Waals surface area contributed by atoms with Crippen LogP contribution in [-0.2, 0) is 23.1 Å². The van der Waals surface area contributed by atoms with E-state index in [1.165, 1.54) is 0 Å². The van der Waals surface area contributed by atoms with Gasteiger partial charge in [-0.1, -0.05) is 0 Å². The molecule has 0 aliphatic carbocycles. The Morgan fingerprint density at radius 1 is 1.50 bits per heavy atom. The highest BCUT2D eigenvalue weighted by molar-refractivity contribution is 7.09. The molecule has 0 bridgehead atoms. The number of aromatic nitrogens is 2. The topological polar surface area (TPSA) is 56.6 Å². The quantitative estimate of drug-likeness (QED) is 0.729. The number of carbonyl (C=O) groups excluding carboxylic acids is 1. The molecule has 7 heteroatoms. The standard InChI is InChI=1S/C19H25N3O3S/c1-14-20-16(11-26-14)10-24-8-5-15-6-9-25-19(15)12-22(13-19)18(23)17-4-3-7-21(17)2/h3-4,7,11,15H,5-6,8-10,12-13H2,1-2H3/t15-/m0/s1. The van der Waals surface area contributed by atoms with Crippen LogP contribution < -0.4 is 0 Å². The number of hydrogen-bond donors (Lipinski definition) is 0. The van der Waals surface area contributed by atoms with Crippen LogP contribution in [0.15, 0.2) is 23.7 Å². The first-order valence-corrected chi connectivity index (χ1v) is 9.99. The van der Waals surface area contributed by atoms with Gasteiger partial charge in [0.15, 0.2) is 0 Å². The molecule has 0 unspecified atom stereocenters. The first kappa shape index (κ1) is 17.7. The van der Waals surface area contributed by atoms with E-state index in [1.54, 1.807) is 11.3 Å².